The highest BCUT2D eigenvalue weighted by molar-refractivity contribution is 6.31. The molecule has 0 aliphatic carbocycles. The zero-order valence-corrected chi connectivity index (χ0v) is 15.2. The number of aromatic nitrogens is 2. The van der Waals surface area contributed by atoms with Crippen molar-refractivity contribution in [2.75, 3.05) is 6.54 Å². The first-order chi connectivity index (χ1) is 11.5. The molecule has 0 radical (unpaired) electrons. The van der Waals surface area contributed by atoms with Crippen LogP contribution in [0.4, 0.5) is 0 Å². The average molecular weight is 346 g/mol. The molecule has 1 amide bonds. The monoisotopic (exact) mass is 345 g/mol. The van der Waals surface area contributed by atoms with Gasteiger partial charge in [0.05, 0.1) is 11.7 Å². The summed E-state index contributed by atoms with van der Waals surface area (Å²) < 4.78 is 0. The summed E-state index contributed by atoms with van der Waals surface area (Å²) >= 11 is 6.35. The average Bonchev–Trinajstić information content (AvgIpc) is 3.14. The van der Waals surface area contributed by atoms with E-state index in [0.717, 1.165) is 46.9 Å². The van der Waals surface area contributed by atoms with Gasteiger partial charge >= 0.3 is 0 Å². The topological polar surface area (TPSA) is 49.0 Å². The molecular weight excluding hydrogens is 322 g/mol. The van der Waals surface area contributed by atoms with E-state index in [1.807, 2.05) is 43.0 Å². The van der Waals surface area contributed by atoms with Crippen LogP contribution in [0.5, 0.6) is 0 Å². The zero-order valence-electron chi connectivity index (χ0n) is 14.5. The van der Waals surface area contributed by atoms with Gasteiger partial charge in [0.25, 0.3) is 0 Å². The number of amides is 1. The summed E-state index contributed by atoms with van der Waals surface area (Å²) in [6.07, 6.45) is 2.51. The fraction of sp³-hybridized carbons (Fsp3) is 0.474. The first-order valence-corrected chi connectivity index (χ1v) is 8.92. The van der Waals surface area contributed by atoms with Crippen molar-refractivity contribution < 1.29 is 4.79 Å². The van der Waals surface area contributed by atoms with Gasteiger partial charge in [-0.25, -0.2) is 0 Å². The van der Waals surface area contributed by atoms with E-state index in [2.05, 4.69) is 17.1 Å². The molecule has 1 fully saturated rings. The number of nitrogens with zero attached hydrogens (tertiary/aromatic N) is 2. The van der Waals surface area contributed by atoms with Crippen molar-refractivity contribution in [2.45, 2.75) is 52.0 Å². The Morgan fingerprint density at radius 2 is 2.17 bits per heavy atom. The number of benzene rings is 1. The second-order valence-electron chi connectivity index (χ2n) is 6.72. The third-order valence-electron chi connectivity index (χ3n) is 5.00. The molecule has 0 saturated carbocycles. The third-order valence-corrected chi connectivity index (χ3v) is 5.34. The molecule has 1 aliphatic rings. The summed E-state index contributed by atoms with van der Waals surface area (Å²) in [6.45, 7) is 6.91. The quantitative estimate of drug-likeness (QED) is 0.884. The maximum Gasteiger partial charge on any atom is 0.223 e. The highest BCUT2D eigenvalue weighted by atomic mass is 35.5. The Morgan fingerprint density at radius 1 is 1.42 bits per heavy atom. The minimum absolute atomic E-state index is 0.102. The van der Waals surface area contributed by atoms with Crippen LogP contribution in [0.3, 0.4) is 0 Å². The number of nitrogens with one attached hydrogen (secondary N) is 1. The molecule has 4 nitrogen and oxygen atoms in total. The number of halogens is 1. The van der Waals surface area contributed by atoms with Crippen molar-refractivity contribution in [2.24, 2.45) is 0 Å². The minimum Gasteiger partial charge on any atom is -0.336 e. The van der Waals surface area contributed by atoms with Gasteiger partial charge in [-0.15, -0.1) is 0 Å². The number of H-pyrrole nitrogens is 1. The number of aryl methyl sites for hydroxylation is 2. The van der Waals surface area contributed by atoms with Gasteiger partial charge in [0.2, 0.25) is 5.91 Å². The molecule has 1 aliphatic heterocycles. The molecule has 1 aromatic heterocycles. The molecule has 0 unspecified atom stereocenters. The lowest BCUT2D eigenvalue weighted by atomic mass is 9.95. The van der Waals surface area contributed by atoms with Gasteiger partial charge in [-0.05, 0) is 49.8 Å². The molecule has 0 spiro atoms. The van der Waals surface area contributed by atoms with Crippen LogP contribution in [0, 0.1) is 13.8 Å². The van der Waals surface area contributed by atoms with Crippen molar-refractivity contribution >= 4 is 17.5 Å². The lowest BCUT2D eigenvalue weighted by molar-refractivity contribution is -0.132. The van der Waals surface area contributed by atoms with Crippen LogP contribution in [0.2, 0.25) is 5.02 Å². The largest absolute Gasteiger partial charge is 0.336 e. The normalized spacial score (nSPS) is 18.8. The summed E-state index contributed by atoms with van der Waals surface area (Å²) in [5, 5.41) is 8.01. The van der Waals surface area contributed by atoms with E-state index in [9.17, 15) is 4.79 Å². The molecular formula is C19H24ClN3O. The summed E-state index contributed by atoms with van der Waals surface area (Å²) in [5.74, 6) is 0.355. The predicted octanol–water partition coefficient (Wildman–Crippen LogP) is 4.54. The van der Waals surface area contributed by atoms with Crippen molar-refractivity contribution in [1.82, 2.24) is 15.1 Å². The molecule has 3 rings (SSSR count). The molecule has 1 saturated heterocycles. The molecule has 2 heterocycles. The van der Waals surface area contributed by atoms with Crippen LogP contribution in [0.25, 0.3) is 0 Å². The number of carbonyl (C=O) groups is 1. The van der Waals surface area contributed by atoms with Crippen molar-refractivity contribution in [3.63, 3.8) is 0 Å². The van der Waals surface area contributed by atoms with Crippen molar-refractivity contribution in [3.05, 3.63) is 51.8 Å². The molecule has 1 aromatic carbocycles. The van der Waals surface area contributed by atoms with Gasteiger partial charge in [0.15, 0.2) is 0 Å². The van der Waals surface area contributed by atoms with Crippen LogP contribution >= 0.6 is 11.6 Å². The molecule has 0 bridgehead atoms. The number of carbonyl (C=O) groups excluding carboxylic acids is 1. The maximum atomic E-state index is 12.9. The number of aromatic amines is 1. The van der Waals surface area contributed by atoms with Gasteiger partial charge in [0.1, 0.15) is 0 Å². The van der Waals surface area contributed by atoms with Crippen molar-refractivity contribution in [1.29, 1.82) is 0 Å². The molecule has 128 valence electrons. The summed E-state index contributed by atoms with van der Waals surface area (Å²) in [4.78, 5) is 14.9. The Bertz CT molecular complexity index is 720. The van der Waals surface area contributed by atoms with Crippen LogP contribution in [0.15, 0.2) is 24.3 Å². The third kappa shape index (κ3) is 3.20. The zero-order chi connectivity index (χ0) is 17.3. The Kier molecular flexibility index (Phi) is 4.95. The van der Waals surface area contributed by atoms with Gasteiger partial charge in [-0.2, -0.15) is 5.10 Å². The smallest absolute Gasteiger partial charge is 0.223 e. The summed E-state index contributed by atoms with van der Waals surface area (Å²) in [5.41, 5.74) is 4.26. The van der Waals surface area contributed by atoms with Gasteiger partial charge in [-0.1, -0.05) is 36.7 Å². The SMILES string of the molecule is Cc1n[nH]c(C)c1[C@@H](C)CC(=O)N1CCC[C@@H]1c1ccccc1Cl. The minimum atomic E-state index is 0.102. The van der Waals surface area contributed by atoms with E-state index in [1.165, 1.54) is 0 Å². The first-order valence-electron chi connectivity index (χ1n) is 8.54. The van der Waals surface area contributed by atoms with Crippen LogP contribution in [0.1, 0.15) is 60.7 Å². The molecule has 2 atom stereocenters. The van der Waals surface area contributed by atoms with E-state index in [0.29, 0.717) is 6.42 Å². The number of rotatable bonds is 4. The number of hydrogen-bond acceptors (Lipinski definition) is 2. The van der Waals surface area contributed by atoms with E-state index in [4.69, 9.17) is 11.6 Å². The van der Waals surface area contributed by atoms with E-state index in [-0.39, 0.29) is 17.9 Å². The first kappa shape index (κ1) is 17.0. The maximum absolute atomic E-state index is 12.9. The van der Waals surface area contributed by atoms with E-state index in [1.54, 1.807) is 0 Å². The fourth-order valence-electron chi connectivity index (χ4n) is 3.90. The second-order valence-corrected chi connectivity index (χ2v) is 7.13. The Balaban J connectivity index is 1.76. The van der Waals surface area contributed by atoms with Crippen molar-refractivity contribution in [3.8, 4) is 0 Å². The fourth-order valence-corrected chi connectivity index (χ4v) is 4.16. The van der Waals surface area contributed by atoms with Gasteiger partial charge in [-0.3, -0.25) is 9.89 Å². The van der Waals surface area contributed by atoms with Crippen LogP contribution in [-0.4, -0.2) is 27.5 Å². The molecule has 5 heteroatoms. The summed E-state index contributed by atoms with van der Waals surface area (Å²) in [7, 11) is 0. The van der Waals surface area contributed by atoms with Crippen LogP contribution < -0.4 is 0 Å². The highest BCUT2D eigenvalue weighted by Crippen LogP contribution is 2.37. The van der Waals surface area contributed by atoms with Crippen LogP contribution in [-0.2, 0) is 4.79 Å². The second kappa shape index (κ2) is 6.98. The lowest BCUT2D eigenvalue weighted by Gasteiger charge is -2.27. The predicted molar refractivity (Wildman–Crippen MR) is 96.2 cm³/mol. The summed E-state index contributed by atoms with van der Waals surface area (Å²) in [6, 6.07) is 7.96. The number of likely N-dealkylation sites (tertiary alicyclic amines) is 1. The number of hydrogen-bond donors (Lipinski definition) is 1. The van der Waals surface area contributed by atoms with Gasteiger partial charge < -0.3 is 4.90 Å². The van der Waals surface area contributed by atoms with Gasteiger partial charge in [0, 0.05) is 23.7 Å². The van der Waals surface area contributed by atoms with E-state index < -0.39 is 0 Å². The molecule has 24 heavy (non-hydrogen) atoms. The Labute approximate surface area is 148 Å². The standard InChI is InChI=1S/C19H24ClN3O/c1-12(19-13(2)21-22-14(19)3)11-18(24)23-10-6-9-17(23)15-7-4-5-8-16(15)20/h4-5,7-8,12,17H,6,9-11H2,1-3H3,(H,21,22)/t12-,17+/m0/s1. The molecule has 2 aromatic rings. The van der Waals surface area contributed by atoms with E-state index >= 15 is 0 Å². The highest BCUT2D eigenvalue weighted by Gasteiger charge is 2.32. The molecule has 1 N–H and O–H groups in total. The Hall–Kier alpha value is -1.81. The Morgan fingerprint density at radius 3 is 2.83 bits per heavy atom. The lowest BCUT2D eigenvalue weighted by Crippen LogP contribution is -2.31.